The van der Waals surface area contributed by atoms with Gasteiger partial charge in [-0.1, -0.05) is 48.5 Å². The zero-order chi connectivity index (χ0) is 9.80. The molecular weight excluding hydrogens is 204 g/mol. The van der Waals surface area contributed by atoms with Gasteiger partial charge in [-0.2, -0.15) is 0 Å². The van der Waals surface area contributed by atoms with Gasteiger partial charge in [0.15, 0.2) is 0 Å². The number of thiophene rings is 1. The molecule has 1 heterocycles. The highest BCUT2D eigenvalue weighted by Gasteiger charge is 2.07. The molecule has 0 unspecified atom stereocenters. The minimum atomic E-state index is -0.146. The van der Waals surface area contributed by atoms with Crippen LogP contribution in [0.5, 0.6) is 0 Å². The van der Waals surface area contributed by atoms with Gasteiger partial charge < -0.3 is 0 Å². The van der Waals surface area contributed by atoms with Gasteiger partial charge in [0.2, 0.25) is 0 Å². The highest BCUT2D eigenvalue weighted by Crippen LogP contribution is 2.19. The molecule has 0 nitrogen and oxygen atoms in total. The molecule has 1 aromatic carbocycles. The van der Waals surface area contributed by atoms with Crippen molar-refractivity contribution in [3.05, 3.63) is 52.7 Å². The van der Waals surface area contributed by atoms with E-state index in [1.807, 2.05) is 11.3 Å². The van der Waals surface area contributed by atoms with E-state index in [2.05, 4.69) is 54.8 Å². The lowest BCUT2D eigenvalue weighted by Crippen LogP contribution is -2.18. The molecule has 0 spiro atoms. The number of benzene rings is 1. The molecule has 1 aromatic heterocycles. The van der Waals surface area contributed by atoms with E-state index >= 15 is 0 Å². The summed E-state index contributed by atoms with van der Waals surface area (Å²) in [4.78, 5) is 1.54. The van der Waals surface area contributed by atoms with Crippen molar-refractivity contribution >= 4 is 26.0 Å². The Morgan fingerprint density at radius 2 is 1.86 bits per heavy atom. The van der Waals surface area contributed by atoms with Gasteiger partial charge in [0.1, 0.15) is 0 Å². The minimum Gasteiger partial charge on any atom is -0.149 e. The molecule has 2 heteroatoms. The van der Waals surface area contributed by atoms with Gasteiger partial charge in [-0.3, -0.25) is 0 Å². The Bertz CT molecular complexity index is 366. The lowest BCUT2D eigenvalue weighted by molar-refractivity contribution is 1.11. The molecule has 0 fully saturated rings. The Balaban J connectivity index is 2.06. The van der Waals surface area contributed by atoms with Crippen molar-refractivity contribution in [1.29, 1.82) is 0 Å². The van der Waals surface area contributed by atoms with Crippen LogP contribution in [0.15, 0.2) is 47.8 Å². The maximum absolute atomic E-state index is 2.35. The topological polar surface area (TPSA) is 0 Å². The third-order valence-electron chi connectivity index (χ3n) is 2.41. The van der Waals surface area contributed by atoms with Crippen LogP contribution in [-0.2, 0) is 0 Å². The largest absolute Gasteiger partial charge is 0.149 e. The molecular formula is C12H14SSi. The summed E-state index contributed by atoms with van der Waals surface area (Å²) < 4.78 is 0. The smallest absolute Gasteiger partial charge is 0.0631 e. The summed E-state index contributed by atoms with van der Waals surface area (Å²) >= 11 is 1.88. The van der Waals surface area contributed by atoms with E-state index in [1.165, 1.54) is 0 Å². The molecule has 0 N–H and O–H groups in total. The molecule has 0 aliphatic rings. The standard InChI is InChI=1S/C12H14SSi/c1-10(12-8-5-9-13-12)14-11-6-3-2-4-7-11/h2-10H,14H2,1H3/t10-/m0/s1. The van der Waals surface area contributed by atoms with E-state index in [-0.39, 0.29) is 9.52 Å². The average molecular weight is 218 g/mol. The van der Waals surface area contributed by atoms with Crippen molar-refractivity contribution in [3.8, 4) is 0 Å². The Hall–Kier alpha value is -0.863. The predicted octanol–water partition coefficient (Wildman–Crippen LogP) is 2.30. The fraction of sp³-hybridized carbons (Fsp3) is 0.167. The first kappa shape index (κ1) is 9.68. The predicted molar refractivity (Wildman–Crippen MR) is 67.4 cm³/mol. The van der Waals surface area contributed by atoms with Gasteiger partial charge in [-0.05, 0) is 17.0 Å². The molecule has 0 aliphatic carbocycles. The fourth-order valence-electron chi connectivity index (χ4n) is 1.64. The first-order chi connectivity index (χ1) is 6.86. The van der Waals surface area contributed by atoms with Crippen LogP contribution in [0.4, 0.5) is 0 Å². The van der Waals surface area contributed by atoms with E-state index in [0.29, 0.717) is 0 Å². The zero-order valence-electron chi connectivity index (χ0n) is 8.31. The quantitative estimate of drug-likeness (QED) is 0.694. The Kier molecular flexibility index (Phi) is 3.17. The third-order valence-corrected chi connectivity index (χ3v) is 5.81. The lowest BCUT2D eigenvalue weighted by atomic mass is 10.4. The van der Waals surface area contributed by atoms with Crippen LogP contribution in [0.25, 0.3) is 0 Å². The summed E-state index contributed by atoms with van der Waals surface area (Å²) in [5.41, 5.74) is 0.775. The Labute approximate surface area is 91.4 Å². The molecule has 2 rings (SSSR count). The van der Waals surface area contributed by atoms with E-state index in [4.69, 9.17) is 0 Å². The summed E-state index contributed by atoms with van der Waals surface area (Å²) in [7, 11) is -0.146. The molecule has 72 valence electrons. The summed E-state index contributed by atoms with van der Waals surface area (Å²) in [6.45, 7) is 2.35. The van der Waals surface area contributed by atoms with Crippen molar-refractivity contribution < 1.29 is 0 Å². The molecule has 0 aliphatic heterocycles. The fourth-order valence-corrected chi connectivity index (χ4v) is 4.47. The molecule has 14 heavy (non-hydrogen) atoms. The van der Waals surface area contributed by atoms with Gasteiger partial charge in [-0.15, -0.1) is 11.3 Å². The maximum Gasteiger partial charge on any atom is 0.0631 e. The Morgan fingerprint density at radius 1 is 1.07 bits per heavy atom. The van der Waals surface area contributed by atoms with E-state index in [0.717, 1.165) is 5.54 Å². The summed E-state index contributed by atoms with van der Waals surface area (Å²) in [5, 5.41) is 3.74. The molecule has 0 radical (unpaired) electrons. The van der Waals surface area contributed by atoms with E-state index in [1.54, 1.807) is 10.1 Å². The first-order valence-corrected chi connectivity index (χ1v) is 7.34. The van der Waals surface area contributed by atoms with Crippen LogP contribution >= 0.6 is 11.3 Å². The molecule has 0 saturated carbocycles. The third kappa shape index (κ3) is 2.34. The highest BCUT2D eigenvalue weighted by atomic mass is 32.1. The van der Waals surface area contributed by atoms with Crippen molar-refractivity contribution in [2.24, 2.45) is 0 Å². The summed E-state index contributed by atoms with van der Waals surface area (Å²) in [6, 6.07) is 15.3. The highest BCUT2D eigenvalue weighted by molar-refractivity contribution is 7.10. The van der Waals surface area contributed by atoms with Crippen LogP contribution < -0.4 is 5.19 Å². The second kappa shape index (κ2) is 4.58. The van der Waals surface area contributed by atoms with E-state index in [9.17, 15) is 0 Å². The number of hydrogen-bond acceptors (Lipinski definition) is 1. The molecule has 0 saturated heterocycles. The molecule has 1 atom stereocenters. The van der Waals surface area contributed by atoms with Crippen molar-refractivity contribution in [2.45, 2.75) is 12.5 Å². The van der Waals surface area contributed by atoms with Crippen molar-refractivity contribution in [1.82, 2.24) is 0 Å². The maximum atomic E-state index is 2.35. The van der Waals surface area contributed by atoms with Crippen molar-refractivity contribution in [2.75, 3.05) is 0 Å². The normalized spacial score (nSPS) is 13.5. The van der Waals surface area contributed by atoms with Gasteiger partial charge in [0.05, 0.1) is 9.52 Å². The number of rotatable bonds is 3. The van der Waals surface area contributed by atoms with Crippen LogP contribution in [0.2, 0.25) is 0 Å². The van der Waals surface area contributed by atoms with E-state index < -0.39 is 0 Å². The monoisotopic (exact) mass is 218 g/mol. The first-order valence-electron chi connectivity index (χ1n) is 4.93. The van der Waals surface area contributed by atoms with Gasteiger partial charge in [-0.25, -0.2) is 0 Å². The summed E-state index contributed by atoms with van der Waals surface area (Å²) in [6.07, 6.45) is 0. The second-order valence-corrected chi connectivity index (χ2v) is 7.03. The molecule has 0 amide bonds. The molecule has 0 bridgehead atoms. The van der Waals surface area contributed by atoms with Crippen LogP contribution in [0.1, 0.15) is 17.3 Å². The average Bonchev–Trinajstić information content (AvgIpc) is 2.72. The van der Waals surface area contributed by atoms with Crippen LogP contribution in [0.3, 0.4) is 0 Å². The minimum absolute atomic E-state index is 0.146. The van der Waals surface area contributed by atoms with Gasteiger partial charge >= 0.3 is 0 Å². The van der Waals surface area contributed by atoms with Crippen LogP contribution in [0, 0.1) is 0 Å². The van der Waals surface area contributed by atoms with Gasteiger partial charge in [0, 0.05) is 4.88 Å². The lowest BCUT2D eigenvalue weighted by Gasteiger charge is -2.07. The van der Waals surface area contributed by atoms with Crippen molar-refractivity contribution in [3.63, 3.8) is 0 Å². The molecule has 2 aromatic rings. The van der Waals surface area contributed by atoms with Crippen LogP contribution in [-0.4, -0.2) is 9.52 Å². The SMILES string of the molecule is C[C@H]([SiH2]c1ccccc1)c1cccs1. The summed E-state index contributed by atoms with van der Waals surface area (Å²) in [5.74, 6) is 0. The number of hydrogen-bond donors (Lipinski definition) is 0. The second-order valence-electron chi connectivity index (χ2n) is 3.61. The Morgan fingerprint density at radius 3 is 2.50 bits per heavy atom. The van der Waals surface area contributed by atoms with Gasteiger partial charge in [0.25, 0.3) is 0 Å². The zero-order valence-corrected chi connectivity index (χ0v) is 10.5.